The molecular weight excluding hydrogens is 428 g/mol. The normalized spacial score (nSPS) is 12.5. The lowest BCUT2D eigenvalue weighted by molar-refractivity contribution is -0.895. The largest absolute Gasteiger partial charge is 0.454 e. The zero-order valence-corrected chi connectivity index (χ0v) is 19.0. The standard InChI is InChI=1S/C23H26N4O4S/c1-3-26(4-2)10-9-24-21(28)16-7-5-15(6-8-16)13-27-22(29)17-11-19-20(31-14-30-19)12-18(17)25-23(27)32/h5-8,11-12H,3-4,9-10,13-14H2,1-2H3,(H,24,28)(H,25,32)/p+1. The van der Waals surface area contributed by atoms with Crippen molar-refractivity contribution in [3.63, 3.8) is 0 Å². The van der Waals surface area contributed by atoms with Crippen LogP contribution in [-0.2, 0) is 6.54 Å². The highest BCUT2D eigenvalue weighted by molar-refractivity contribution is 7.71. The van der Waals surface area contributed by atoms with Gasteiger partial charge in [0.05, 0.1) is 43.6 Å². The van der Waals surface area contributed by atoms with E-state index < -0.39 is 0 Å². The van der Waals surface area contributed by atoms with Gasteiger partial charge < -0.3 is 24.7 Å². The van der Waals surface area contributed by atoms with Gasteiger partial charge in [-0.1, -0.05) is 12.1 Å². The zero-order valence-electron chi connectivity index (χ0n) is 18.2. The van der Waals surface area contributed by atoms with Crippen LogP contribution in [0.1, 0.15) is 29.8 Å². The van der Waals surface area contributed by atoms with Crippen LogP contribution in [0, 0.1) is 4.77 Å². The van der Waals surface area contributed by atoms with Crippen molar-refractivity contribution in [1.29, 1.82) is 0 Å². The van der Waals surface area contributed by atoms with Crippen LogP contribution in [0.15, 0.2) is 41.2 Å². The van der Waals surface area contributed by atoms with E-state index in [4.69, 9.17) is 21.7 Å². The number of hydrogen-bond donors (Lipinski definition) is 3. The molecule has 1 amide bonds. The first-order chi connectivity index (χ1) is 15.5. The molecule has 9 heteroatoms. The molecule has 0 atom stereocenters. The van der Waals surface area contributed by atoms with Crippen molar-refractivity contribution < 1.29 is 19.2 Å². The first-order valence-corrected chi connectivity index (χ1v) is 11.2. The lowest BCUT2D eigenvalue weighted by atomic mass is 10.1. The van der Waals surface area contributed by atoms with Crippen LogP contribution in [0.3, 0.4) is 0 Å². The van der Waals surface area contributed by atoms with Crippen molar-refractivity contribution in [3.8, 4) is 11.5 Å². The molecule has 0 fully saturated rings. The molecule has 1 aliphatic rings. The fraction of sp³-hybridized carbons (Fsp3) is 0.348. The maximum Gasteiger partial charge on any atom is 0.262 e. The second-order valence-electron chi connectivity index (χ2n) is 7.73. The predicted octanol–water partition coefficient (Wildman–Crippen LogP) is 1.49. The molecule has 0 unspecified atom stereocenters. The molecule has 8 nitrogen and oxygen atoms in total. The van der Waals surface area contributed by atoms with Gasteiger partial charge in [-0.05, 0) is 49.8 Å². The molecule has 0 saturated heterocycles. The fourth-order valence-electron chi connectivity index (χ4n) is 3.79. The van der Waals surface area contributed by atoms with E-state index in [1.54, 1.807) is 24.3 Å². The van der Waals surface area contributed by atoms with Crippen molar-refractivity contribution in [1.82, 2.24) is 14.9 Å². The van der Waals surface area contributed by atoms with E-state index in [0.717, 1.165) is 25.2 Å². The summed E-state index contributed by atoms with van der Waals surface area (Å²) in [4.78, 5) is 30.0. The smallest absolute Gasteiger partial charge is 0.262 e. The monoisotopic (exact) mass is 455 g/mol. The average Bonchev–Trinajstić information content (AvgIpc) is 3.26. The van der Waals surface area contributed by atoms with Crippen molar-refractivity contribution in [2.45, 2.75) is 20.4 Å². The molecule has 3 aromatic rings. The van der Waals surface area contributed by atoms with Crippen LogP contribution in [0.5, 0.6) is 11.5 Å². The molecule has 168 valence electrons. The zero-order chi connectivity index (χ0) is 22.7. The number of benzene rings is 2. The van der Waals surface area contributed by atoms with Crippen LogP contribution in [0.2, 0.25) is 0 Å². The molecule has 0 saturated carbocycles. The number of nitrogens with one attached hydrogen (secondary N) is 3. The van der Waals surface area contributed by atoms with E-state index >= 15 is 0 Å². The number of amides is 1. The number of nitrogens with zero attached hydrogens (tertiary/aromatic N) is 1. The van der Waals surface area contributed by atoms with Crippen molar-refractivity contribution in [2.75, 3.05) is 33.0 Å². The Labute approximate surface area is 190 Å². The Morgan fingerprint density at radius 1 is 1.16 bits per heavy atom. The molecule has 3 N–H and O–H groups in total. The molecule has 0 aliphatic carbocycles. The summed E-state index contributed by atoms with van der Waals surface area (Å²) in [5, 5.41) is 3.45. The Morgan fingerprint density at radius 3 is 2.53 bits per heavy atom. The number of quaternary nitrogens is 1. The summed E-state index contributed by atoms with van der Waals surface area (Å²) in [5.74, 6) is 1.04. The van der Waals surface area contributed by atoms with Gasteiger partial charge in [-0.2, -0.15) is 0 Å². The number of carbonyl (C=O) groups excluding carboxylic acids is 1. The van der Waals surface area contributed by atoms with E-state index in [1.807, 2.05) is 12.1 Å². The lowest BCUT2D eigenvalue weighted by Crippen LogP contribution is -3.12. The van der Waals surface area contributed by atoms with Gasteiger partial charge in [0.25, 0.3) is 11.5 Å². The molecule has 1 aromatic heterocycles. The number of rotatable bonds is 8. The molecule has 0 radical (unpaired) electrons. The van der Waals surface area contributed by atoms with Crippen LogP contribution >= 0.6 is 12.2 Å². The third-order valence-corrected chi connectivity index (χ3v) is 6.12. The summed E-state index contributed by atoms with van der Waals surface area (Å²) in [7, 11) is 0. The van der Waals surface area contributed by atoms with E-state index in [0.29, 0.717) is 45.8 Å². The number of fused-ring (bicyclic) bond motifs is 2. The number of H-pyrrole nitrogens is 1. The summed E-state index contributed by atoms with van der Waals surface area (Å²) in [6, 6.07) is 10.6. The van der Waals surface area contributed by atoms with Crippen molar-refractivity contribution >= 4 is 29.0 Å². The average molecular weight is 456 g/mol. The van der Waals surface area contributed by atoms with E-state index in [-0.39, 0.29) is 18.3 Å². The highest BCUT2D eigenvalue weighted by Gasteiger charge is 2.17. The summed E-state index contributed by atoms with van der Waals surface area (Å²) < 4.78 is 12.6. The first kappa shape index (κ1) is 22.0. The highest BCUT2D eigenvalue weighted by atomic mass is 32.1. The molecule has 2 aromatic carbocycles. The van der Waals surface area contributed by atoms with Gasteiger partial charge in [-0.15, -0.1) is 0 Å². The number of hydrogen-bond acceptors (Lipinski definition) is 5. The van der Waals surface area contributed by atoms with Crippen molar-refractivity contribution in [2.24, 2.45) is 0 Å². The number of aromatic amines is 1. The lowest BCUT2D eigenvalue weighted by Gasteiger charge is -2.15. The predicted molar refractivity (Wildman–Crippen MR) is 124 cm³/mol. The maximum absolute atomic E-state index is 13.1. The van der Waals surface area contributed by atoms with Gasteiger partial charge in [0.1, 0.15) is 0 Å². The van der Waals surface area contributed by atoms with E-state index in [1.165, 1.54) is 9.47 Å². The molecule has 0 spiro atoms. The van der Waals surface area contributed by atoms with Crippen LogP contribution in [-0.4, -0.2) is 48.4 Å². The highest BCUT2D eigenvalue weighted by Crippen LogP contribution is 2.34. The Balaban J connectivity index is 1.49. The number of ether oxygens (including phenoxy) is 2. The molecule has 4 rings (SSSR count). The summed E-state index contributed by atoms with van der Waals surface area (Å²) >= 11 is 5.42. The molecule has 2 heterocycles. The third-order valence-electron chi connectivity index (χ3n) is 5.80. The van der Waals surface area contributed by atoms with Gasteiger partial charge in [0.2, 0.25) is 6.79 Å². The third kappa shape index (κ3) is 4.53. The topological polar surface area (TPSA) is 89.8 Å². The van der Waals surface area contributed by atoms with Gasteiger partial charge in [0.15, 0.2) is 16.3 Å². The molecule has 0 bridgehead atoms. The Kier molecular flexibility index (Phi) is 6.57. The fourth-order valence-corrected chi connectivity index (χ4v) is 4.05. The SMILES string of the molecule is CC[NH+](CC)CCNC(=O)c1ccc(Cn2c(=S)[nH]c3cc4c(cc3c2=O)OCO4)cc1. The van der Waals surface area contributed by atoms with Gasteiger partial charge in [0, 0.05) is 11.6 Å². The summed E-state index contributed by atoms with van der Waals surface area (Å²) in [5.41, 5.74) is 1.87. The van der Waals surface area contributed by atoms with Crippen LogP contribution < -0.4 is 25.2 Å². The number of likely N-dealkylation sites (N-methyl/N-ethyl adjacent to an activating group) is 1. The van der Waals surface area contributed by atoms with E-state index in [9.17, 15) is 9.59 Å². The summed E-state index contributed by atoms with van der Waals surface area (Å²) in [6.07, 6.45) is 0. The van der Waals surface area contributed by atoms with Crippen molar-refractivity contribution in [3.05, 3.63) is 62.6 Å². The van der Waals surface area contributed by atoms with Gasteiger partial charge in [-0.3, -0.25) is 14.2 Å². The van der Waals surface area contributed by atoms with Gasteiger partial charge in [-0.25, -0.2) is 0 Å². The van der Waals surface area contributed by atoms with Gasteiger partial charge >= 0.3 is 0 Å². The van der Waals surface area contributed by atoms with Crippen LogP contribution in [0.25, 0.3) is 10.9 Å². The Bertz CT molecular complexity index is 1250. The molecule has 32 heavy (non-hydrogen) atoms. The molecule has 1 aliphatic heterocycles. The number of carbonyl (C=O) groups is 1. The Morgan fingerprint density at radius 2 is 1.84 bits per heavy atom. The minimum absolute atomic E-state index is 0.0978. The minimum atomic E-state index is -0.206. The quantitative estimate of drug-likeness (QED) is 0.448. The maximum atomic E-state index is 13.1. The first-order valence-electron chi connectivity index (χ1n) is 10.8. The Hall–Kier alpha value is -3.17. The summed E-state index contributed by atoms with van der Waals surface area (Å²) in [6.45, 7) is 8.34. The second kappa shape index (κ2) is 9.54. The second-order valence-corrected chi connectivity index (χ2v) is 8.12. The minimum Gasteiger partial charge on any atom is -0.454 e. The number of aromatic nitrogens is 2. The molecular formula is C23H27N4O4S+. The van der Waals surface area contributed by atoms with Crippen LogP contribution in [0.4, 0.5) is 0 Å². The van der Waals surface area contributed by atoms with E-state index in [2.05, 4.69) is 24.1 Å².